The molecule has 4 aliphatic heterocycles. The second-order valence-electron chi connectivity index (χ2n) is 13.4. The Kier molecular flexibility index (Phi) is 7.41. The molecular weight excluding hydrogens is 635 g/mol. The first-order valence-electron chi connectivity index (χ1n) is 16.7. The summed E-state index contributed by atoms with van der Waals surface area (Å²) in [6.07, 6.45) is 3.19. The van der Waals surface area contributed by atoms with Crippen LogP contribution >= 0.6 is 11.6 Å². The summed E-state index contributed by atoms with van der Waals surface area (Å²) in [6.45, 7) is 7.29. The van der Waals surface area contributed by atoms with Gasteiger partial charge in [0.25, 0.3) is 5.79 Å². The third kappa shape index (κ3) is 5.33. The van der Waals surface area contributed by atoms with Crippen molar-refractivity contribution in [2.75, 3.05) is 32.9 Å². The zero-order valence-corrected chi connectivity index (χ0v) is 27.4. The molecule has 0 amide bonds. The van der Waals surface area contributed by atoms with E-state index < -0.39 is 11.6 Å². The number of H-pyrrole nitrogens is 1. The van der Waals surface area contributed by atoms with Gasteiger partial charge in [0.1, 0.15) is 17.5 Å². The number of aromatic amines is 1. The lowest BCUT2D eigenvalue weighted by Crippen LogP contribution is -2.35. The van der Waals surface area contributed by atoms with Gasteiger partial charge in [-0.05, 0) is 80.7 Å². The molecule has 2 aromatic heterocycles. The standard InChI is InChI=1S/C36H36ClFN6O4/c1-36(27-7-6-24(37)16-28(27)38)47-31-4-2-3-26(33(31)48-36)21-9-12-43(13-10-21)18-32-39-29-15-22(34-40-35(42-41-34)23-19-45-20-23)5-8-30(29)44(32)17-25-11-14-46-25/h2-8,15-16,21,23,25H,9-14,17-20H2,1H3,(H,40,41,42). The molecule has 12 heteroatoms. The number of imidazole rings is 1. The Bertz CT molecular complexity index is 2000. The van der Waals surface area contributed by atoms with Gasteiger partial charge in [-0.1, -0.05) is 23.7 Å². The fourth-order valence-corrected chi connectivity index (χ4v) is 7.45. The molecule has 1 N–H and O–H groups in total. The highest BCUT2D eigenvalue weighted by Crippen LogP contribution is 2.50. The summed E-state index contributed by atoms with van der Waals surface area (Å²) in [5, 5.41) is 7.90. The fourth-order valence-electron chi connectivity index (χ4n) is 7.29. The lowest BCUT2D eigenvalue weighted by atomic mass is 9.88. The molecule has 6 heterocycles. The van der Waals surface area contributed by atoms with E-state index in [1.807, 2.05) is 12.1 Å². The van der Waals surface area contributed by atoms with Crippen molar-refractivity contribution in [1.82, 2.24) is 29.6 Å². The third-order valence-electron chi connectivity index (χ3n) is 10.2. The number of hydrogen-bond donors (Lipinski definition) is 1. The van der Waals surface area contributed by atoms with Gasteiger partial charge < -0.3 is 23.5 Å². The van der Waals surface area contributed by atoms with Crippen LogP contribution in [0, 0.1) is 5.82 Å². The van der Waals surface area contributed by atoms with Crippen molar-refractivity contribution in [3.8, 4) is 22.9 Å². The number of piperidine rings is 1. The molecule has 9 rings (SSSR count). The minimum Gasteiger partial charge on any atom is -0.444 e. The monoisotopic (exact) mass is 670 g/mol. The van der Waals surface area contributed by atoms with Gasteiger partial charge in [0.05, 0.1) is 54.9 Å². The zero-order valence-electron chi connectivity index (χ0n) is 26.6. The number of fused-ring (bicyclic) bond motifs is 2. The number of nitrogens with zero attached hydrogens (tertiary/aromatic N) is 5. The maximum absolute atomic E-state index is 14.9. The van der Waals surface area contributed by atoms with Crippen LogP contribution in [0.25, 0.3) is 22.4 Å². The predicted octanol–water partition coefficient (Wildman–Crippen LogP) is 6.54. The van der Waals surface area contributed by atoms with E-state index in [1.165, 1.54) is 6.07 Å². The number of aromatic nitrogens is 5. The number of hydrogen-bond acceptors (Lipinski definition) is 8. The highest BCUT2D eigenvalue weighted by Gasteiger charge is 2.43. The smallest absolute Gasteiger partial charge is 0.278 e. The number of para-hydroxylation sites is 1. The minimum atomic E-state index is -1.27. The van der Waals surface area contributed by atoms with Crippen LogP contribution in [0.2, 0.25) is 5.02 Å². The number of benzene rings is 3. The van der Waals surface area contributed by atoms with Gasteiger partial charge in [-0.15, -0.1) is 0 Å². The van der Waals surface area contributed by atoms with Gasteiger partial charge in [-0.25, -0.2) is 14.4 Å². The molecule has 10 nitrogen and oxygen atoms in total. The Hall–Kier alpha value is -4.03. The normalized spacial score (nSPS) is 23.0. The summed E-state index contributed by atoms with van der Waals surface area (Å²) < 4.78 is 41.0. The van der Waals surface area contributed by atoms with E-state index in [-0.39, 0.29) is 12.0 Å². The van der Waals surface area contributed by atoms with Gasteiger partial charge in [0.15, 0.2) is 17.3 Å². The predicted molar refractivity (Wildman–Crippen MR) is 177 cm³/mol. The van der Waals surface area contributed by atoms with Crippen molar-refractivity contribution in [3.63, 3.8) is 0 Å². The molecule has 0 bridgehead atoms. The van der Waals surface area contributed by atoms with Gasteiger partial charge >= 0.3 is 0 Å². The highest BCUT2D eigenvalue weighted by molar-refractivity contribution is 6.30. The van der Waals surface area contributed by atoms with Crippen LogP contribution in [0.5, 0.6) is 11.5 Å². The molecule has 0 radical (unpaired) electrons. The first-order valence-corrected chi connectivity index (χ1v) is 17.1. The fraction of sp³-hybridized carbons (Fsp3) is 0.417. The molecule has 2 atom stereocenters. The van der Waals surface area contributed by atoms with Crippen LogP contribution in [-0.2, 0) is 28.4 Å². The molecule has 3 fully saturated rings. The summed E-state index contributed by atoms with van der Waals surface area (Å²) in [5.41, 5.74) is 4.40. The molecule has 5 aromatic rings. The van der Waals surface area contributed by atoms with Crippen LogP contribution in [0.3, 0.4) is 0 Å². The summed E-state index contributed by atoms with van der Waals surface area (Å²) in [7, 11) is 0. The number of likely N-dealkylation sites (tertiary alicyclic amines) is 1. The molecule has 2 unspecified atom stereocenters. The Morgan fingerprint density at radius 2 is 1.85 bits per heavy atom. The Labute approximate surface area is 282 Å². The Morgan fingerprint density at radius 1 is 1.00 bits per heavy atom. The minimum absolute atomic E-state index is 0.209. The SMILES string of the molecule is CC1(c2ccc(Cl)cc2F)Oc2cccc(C3CCN(Cc4nc5cc(-c6n[nH]c(C7COC7)n6)ccc5n4CC4CCO4)CC3)c2O1. The Morgan fingerprint density at radius 3 is 2.60 bits per heavy atom. The Balaban J connectivity index is 0.922. The molecule has 3 saturated heterocycles. The van der Waals surface area contributed by atoms with Crippen LogP contribution < -0.4 is 9.47 Å². The maximum atomic E-state index is 14.9. The highest BCUT2D eigenvalue weighted by atomic mass is 35.5. The van der Waals surface area contributed by atoms with E-state index >= 15 is 0 Å². The molecule has 0 aliphatic carbocycles. The summed E-state index contributed by atoms with van der Waals surface area (Å²) in [5.74, 6) is 2.79. The van der Waals surface area contributed by atoms with Crippen LogP contribution in [0.4, 0.5) is 4.39 Å². The van der Waals surface area contributed by atoms with Crippen molar-refractivity contribution >= 4 is 22.6 Å². The second kappa shape index (κ2) is 11.8. The molecule has 0 saturated carbocycles. The molecule has 0 spiro atoms. The topological polar surface area (TPSA) is 99.6 Å². The first-order chi connectivity index (χ1) is 23.4. The van der Waals surface area contributed by atoms with E-state index in [2.05, 4.69) is 43.9 Å². The third-order valence-corrected chi connectivity index (χ3v) is 10.5. The van der Waals surface area contributed by atoms with E-state index in [4.69, 9.17) is 40.5 Å². The van der Waals surface area contributed by atoms with Crippen molar-refractivity contribution in [3.05, 3.63) is 88.2 Å². The maximum Gasteiger partial charge on any atom is 0.278 e. The number of ether oxygens (including phenoxy) is 4. The molecule has 3 aromatic carbocycles. The van der Waals surface area contributed by atoms with Crippen molar-refractivity contribution < 1.29 is 23.3 Å². The van der Waals surface area contributed by atoms with Crippen LogP contribution in [-0.4, -0.2) is 68.6 Å². The van der Waals surface area contributed by atoms with Gasteiger partial charge in [0.2, 0.25) is 0 Å². The summed E-state index contributed by atoms with van der Waals surface area (Å²) in [4.78, 5) is 12.4. The average molecular weight is 671 g/mol. The van der Waals surface area contributed by atoms with E-state index in [1.54, 1.807) is 19.1 Å². The number of rotatable bonds is 8. The number of halogens is 2. The van der Waals surface area contributed by atoms with Crippen LogP contribution in [0.15, 0.2) is 54.6 Å². The van der Waals surface area contributed by atoms with E-state index in [0.717, 1.165) is 85.9 Å². The van der Waals surface area contributed by atoms with Crippen molar-refractivity contribution in [2.45, 2.75) is 63.0 Å². The lowest BCUT2D eigenvalue weighted by Gasteiger charge is -2.33. The quantitative estimate of drug-likeness (QED) is 0.199. The van der Waals surface area contributed by atoms with Gasteiger partial charge in [0, 0.05) is 29.7 Å². The summed E-state index contributed by atoms with van der Waals surface area (Å²) in [6, 6.07) is 16.9. The van der Waals surface area contributed by atoms with Crippen molar-refractivity contribution in [2.24, 2.45) is 0 Å². The largest absolute Gasteiger partial charge is 0.444 e. The average Bonchev–Trinajstić information content (AvgIpc) is 3.73. The summed E-state index contributed by atoms with van der Waals surface area (Å²) >= 11 is 6.01. The molecule has 48 heavy (non-hydrogen) atoms. The van der Waals surface area contributed by atoms with Gasteiger partial charge in [-0.3, -0.25) is 10.00 Å². The van der Waals surface area contributed by atoms with Crippen LogP contribution in [0.1, 0.15) is 60.8 Å². The van der Waals surface area contributed by atoms with E-state index in [0.29, 0.717) is 47.0 Å². The second-order valence-corrected chi connectivity index (χ2v) is 13.8. The zero-order chi connectivity index (χ0) is 32.4. The van der Waals surface area contributed by atoms with Crippen molar-refractivity contribution in [1.29, 1.82) is 0 Å². The number of nitrogens with one attached hydrogen (secondary N) is 1. The van der Waals surface area contributed by atoms with Gasteiger partial charge in [-0.2, -0.15) is 5.10 Å². The first kappa shape index (κ1) is 30.1. The lowest BCUT2D eigenvalue weighted by molar-refractivity contribution is -0.0712. The molecular formula is C36H36ClFN6O4. The van der Waals surface area contributed by atoms with E-state index in [9.17, 15) is 4.39 Å². The molecule has 4 aliphatic rings. The molecule has 248 valence electrons.